The van der Waals surface area contributed by atoms with Crippen molar-refractivity contribution in [2.24, 2.45) is 5.92 Å². The van der Waals surface area contributed by atoms with Crippen LogP contribution in [0.1, 0.15) is 12.5 Å². The van der Waals surface area contributed by atoms with Gasteiger partial charge in [0.1, 0.15) is 11.5 Å². The van der Waals surface area contributed by atoms with E-state index in [0.717, 1.165) is 0 Å². The summed E-state index contributed by atoms with van der Waals surface area (Å²) in [6.07, 6.45) is 0. The lowest BCUT2D eigenvalue weighted by Crippen LogP contribution is -2.28. The Morgan fingerprint density at radius 2 is 2.06 bits per heavy atom. The summed E-state index contributed by atoms with van der Waals surface area (Å²) in [4.78, 5) is 12.5. The third kappa shape index (κ3) is 3.96. The highest BCUT2D eigenvalue weighted by Gasteiger charge is 2.14. The quantitative estimate of drug-likeness (QED) is 0.720. The second-order valence-electron chi connectivity index (χ2n) is 4.25. The molecule has 0 saturated carbocycles. The number of aliphatic carboxylic acids is 1. The number of phenols is 2. The molecule has 94 valence electrons. The molecule has 3 N–H and O–H groups in total. The Hall–Kier alpha value is -1.75. The third-order valence-corrected chi connectivity index (χ3v) is 2.52. The fraction of sp³-hybridized carbons (Fsp3) is 0.417. The normalized spacial score (nSPS) is 12.6. The van der Waals surface area contributed by atoms with Crippen LogP contribution in [0.2, 0.25) is 0 Å². The molecule has 0 heterocycles. The topological polar surface area (TPSA) is 81.0 Å². The molecule has 0 aliphatic heterocycles. The maximum absolute atomic E-state index is 10.7. The zero-order chi connectivity index (χ0) is 13.0. The van der Waals surface area contributed by atoms with Crippen LogP contribution in [0.4, 0.5) is 0 Å². The van der Waals surface area contributed by atoms with E-state index in [-0.39, 0.29) is 11.5 Å². The minimum atomic E-state index is -0.841. The minimum absolute atomic E-state index is 0.00723. The van der Waals surface area contributed by atoms with Crippen molar-refractivity contribution in [2.45, 2.75) is 13.5 Å². The zero-order valence-electron chi connectivity index (χ0n) is 9.92. The molecule has 1 rings (SSSR count). The van der Waals surface area contributed by atoms with Crippen LogP contribution in [0.3, 0.4) is 0 Å². The lowest BCUT2D eigenvalue weighted by atomic mass is 10.1. The number of benzene rings is 1. The minimum Gasteiger partial charge on any atom is -0.508 e. The van der Waals surface area contributed by atoms with E-state index in [1.54, 1.807) is 20.0 Å². The number of rotatable bonds is 5. The first-order chi connectivity index (χ1) is 7.90. The van der Waals surface area contributed by atoms with Crippen LogP contribution >= 0.6 is 0 Å². The molecule has 0 spiro atoms. The van der Waals surface area contributed by atoms with E-state index in [9.17, 15) is 9.90 Å². The molecule has 1 atom stereocenters. The van der Waals surface area contributed by atoms with E-state index >= 15 is 0 Å². The average Bonchev–Trinajstić information content (AvgIpc) is 2.22. The van der Waals surface area contributed by atoms with Crippen molar-refractivity contribution in [1.82, 2.24) is 4.90 Å². The molecule has 0 fully saturated rings. The molecular formula is C12H17NO4. The summed E-state index contributed by atoms with van der Waals surface area (Å²) in [6, 6.07) is 4.37. The Balaban J connectivity index is 2.62. The van der Waals surface area contributed by atoms with Gasteiger partial charge in [-0.2, -0.15) is 0 Å². The predicted molar refractivity (Wildman–Crippen MR) is 62.9 cm³/mol. The summed E-state index contributed by atoms with van der Waals surface area (Å²) < 4.78 is 0. The summed E-state index contributed by atoms with van der Waals surface area (Å²) in [5.74, 6) is -1.28. The van der Waals surface area contributed by atoms with Crippen molar-refractivity contribution >= 4 is 5.97 Å². The van der Waals surface area contributed by atoms with Gasteiger partial charge in [0.05, 0.1) is 5.92 Å². The summed E-state index contributed by atoms with van der Waals surface area (Å²) in [5.41, 5.74) is 0.655. The van der Waals surface area contributed by atoms with E-state index in [4.69, 9.17) is 10.2 Å². The van der Waals surface area contributed by atoms with Gasteiger partial charge in [-0.15, -0.1) is 0 Å². The smallest absolute Gasteiger partial charge is 0.307 e. The van der Waals surface area contributed by atoms with Crippen molar-refractivity contribution < 1.29 is 20.1 Å². The van der Waals surface area contributed by atoms with E-state index in [2.05, 4.69) is 0 Å². The van der Waals surface area contributed by atoms with E-state index in [1.165, 1.54) is 12.1 Å². The molecule has 5 nitrogen and oxygen atoms in total. The van der Waals surface area contributed by atoms with Crippen LogP contribution in [0.5, 0.6) is 11.5 Å². The highest BCUT2D eigenvalue weighted by molar-refractivity contribution is 5.69. The van der Waals surface area contributed by atoms with Crippen LogP contribution in [-0.2, 0) is 11.3 Å². The van der Waals surface area contributed by atoms with Crippen molar-refractivity contribution in [3.8, 4) is 11.5 Å². The molecule has 0 aliphatic carbocycles. The standard InChI is InChI=1S/C12H17NO4/c1-8(12(16)17)6-13(2)7-9-3-4-10(14)5-11(9)15/h3-5,8,14-15H,6-7H2,1-2H3,(H,16,17). The summed E-state index contributed by atoms with van der Waals surface area (Å²) >= 11 is 0. The van der Waals surface area contributed by atoms with Crippen LogP contribution in [0.15, 0.2) is 18.2 Å². The number of carbonyl (C=O) groups is 1. The number of phenolic OH excluding ortho intramolecular Hbond substituents is 2. The third-order valence-electron chi connectivity index (χ3n) is 2.52. The first kappa shape index (κ1) is 13.3. The molecule has 1 aromatic rings. The first-order valence-corrected chi connectivity index (χ1v) is 5.32. The fourth-order valence-electron chi connectivity index (χ4n) is 1.59. The summed E-state index contributed by atoms with van der Waals surface area (Å²) in [5, 5.41) is 27.5. The van der Waals surface area contributed by atoms with Crippen molar-refractivity contribution in [3.05, 3.63) is 23.8 Å². The first-order valence-electron chi connectivity index (χ1n) is 5.32. The molecule has 0 amide bonds. The van der Waals surface area contributed by atoms with Crippen LogP contribution in [0, 0.1) is 5.92 Å². The van der Waals surface area contributed by atoms with Crippen LogP contribution in [-0.4, -0.2) is 39.8 Å². The van der Waals surface area contributed by atoms with Gasteiger partial charge in [-0.05, 0) is 13.1 Å². The molecule has 1 unspecified atom stereocenters. The van der Waals surface area contributed by atoms with E-state index in [1.807, 2.05) is 4.90 Å². The maximum Gasteiger partial charge on any atom is 0.307 e. The monoisotopic (exact) mass is 239 g/mol. The zero-order valence-corrected chi connectivity index (χ0v) is 9.92. The van der Waals surface area contributed by atoms with Crippen molar-refractivity contribution in [3.63, 3.8) is 0 Å². The predicted octanol–water partition coefficient (Wildman–Crippen LogP) is 1.25. The summed E-state index contributed by atoms with van der Waals surface area (Å²) in [7, 11) is 1.78. The fourth-order valence-corrected chi connectivity index (χ4v) is 1.59. The van der Waals surface area contributed by atoms with Crippen molar-refractivity contribution in [2.75, 3.05) is 13.6 Å². The number of hydrogen-bond acceptors (Lipinski definition) is 4. The second-order valence-corrected chi connectivity index (χ2v) is 4.25. The molecule has 1 aromatic carbocycles. The molecule has 5 heteroatoms. The molecule has 0 saturated heterocycles. The van der Waals surface area contributed by atoms with Crippen LogP contribution < -0.4 is 0 Å². The Bertz CT molecular complexity index is 405. The van der Waals surface area contributed by atoms with Gasteiger partial charge in [0.25, 0.3) is 0 Å². The molecule has 0 aromatic heterocycles. The highest BCUT2D eigenvalue weighted by Crippen LogP contribution is 2.23. The molecule has 0 bridgehead atoms. The van der Waals surface area contributed by atoms with Gasteiger partial charge in [-0.3, -0.25) is 4.79 Å². The van der Waals surface area contributed by atoms with Gasteiger partial charge in [-0.1, -0.05) is 13.0 Å². The largest absolute Gasteiger partial charge is 0.508 e. The van der Waals surface area contributed by atoms with E-state index < -0.39 is 11.9 Å². The molecule has 0 aliphatic rings. The van der Waals surface area contributed by atoms with Gasteiger partial charge < -0.3 is 20.2 Å². The van der Waals surface area contributed by atoms with Gasteiger partial charge in [0.2, 0.25) is 0 Å². The number of nitrogens with zero attached hydrogens (tertiary/aromatic N) is 1. The van der Waals surface area contributed by atoms with Gasteiger partial charge >= 0.3 is 5.97 Å². The molecule has 0 radical (unpaired) electrons. The average molecular weight is 239 g/mol. The second kappa shape index (κ2) is 5.54. The van der Waals surface area contributed by atoms with Gasteiger partial charge in [0, 0.05) is 24.7 Å². The number of carboxylic acids is 1. The lowest BCUT2D eigenvalue weighted by molar-refractivity contribution is -0.141. The van der Waals surface area contributed by atoms with E-state index in [0.29, 0.717) is 18.7 Å². The number of carboxylic acid groups (broad SMARTS) is 1. The van der Waals surface area contributed by atoms with Gasteiger partial charge in [0.15, 0.2) is 0 Å². The number of hydrogen-bond donors (Lipinski definition) is 3. The van der Waals surface area contributed by atoms with Crippen molar-refractivity contribution in [1.29, 1.82) is 0 Å². The Kier molecular flexibility index (Phi) is 4.34. The summed E-state index contributed by atoms with van der Waals surface area (Å²) in [6.45, 7) is 2.47. The highest BCUT2D eigenvalue weighted by atomic mass is 16.4. The number of aromatic hydroxyl groups is 2. The lowest BCUT2D eigenvalue weighted by Gasteiger charge is -2.19. The Labute approximate surface area is 99.9 Å². The Morgan fingerprint density at radius 3 is 2.59 bits per heavy atom. The molecular weight excluding hydrogens is 222 g/mol. The Morgan fingerprint density at radius 1 is 1.41 bits per heavy atom. The molecule has 17 heavy (non-hydrogen) atoms. The van der Waals surface area contributed by atoms with Crippen LogP contribution in [0.25, 0.3) is 0 Å². The SMILES string of the molecule is CC(CN(C)Cc1ccc(O)cc1O)C(=O)O. The van der Waals surface area contributed by atoms with Gasteiger partial charge in [-0.25, -0.2) is 0 Å². The maximum atomic E-state index is 10.7.